The van der Waals surface area contributed by atoms with Gasteiger partial charge in [-0.15, -0.1) is 10.2 Å². The highest BCUT2D eigenvalue weighted by atomic mass is 19.4. The van der Waals surface area contributed by atoms with E-state index in [0.717, 1.165) is 0 Å². The van der Waals surface area contributed by atoms with Gasteiger partial charge in [0.05, 0.1) is 6.54 Å². The molecule has 0 N–H and O–H groups in total. The number of halogens is 3. The van der Waals surface area contributed by atoms with Crippen molar-refractivity contribution < 1.29 is 27.1 Å². The van der Waals surface area contributed by atoms with E-state index < -0.39 is 17.7 Å². The zero-order valence-electron chi connectivity index (χ0n) is 13.3. The zero-order valence-corrected chi connectivity index (χ0v) is 13.3. The minimum Gasteiger partial charge on any atom is -0.459 e. The third-order valence-electron chi connectivity index (χ3n) is 3.39. The molecule has 23 heavy (non-hydrogen) atoms. The molecule has 6 nitrogen and oxygen atoms in total. The summed E-state index contributed by atoms with van der Waals surface area (Å²) in [6.07, 6.45) is -3.51. The summed E-state index contributed by atoms with van der Waals surface area (Å²) in [6, 6.07) is 0. The van der Waals surface area contributed by atoms with Crippen molar-refractivity contribution in [3.05, 3.63) is 11.8 Å². The van der Waals surface area contributed by atoms with Crippen LogP contribution in [0.5, 0.6) is 0 Å². The molecule has 1 aliphatic rings. The normalized spacial score (nSPS) is 18.2. The van der Waals surface area contributed by atoms with E-state index in [-0.39, 0.29) is 24.3 Å². The van der Waals surface area contributed by atoms with Gasteiger partial charge in [0.2, 0.25) is 5.89 Å². The van der Waals surface area contributed by atoms with E-state index in [0.29, 0.717) is 25.9 Å². The number of aromatic nitrogens is 2. The maximum Gasteiger partial charge on any atom is 0.470 e. The molecular formula is C14H20F3N3O3. The van der Waals surface area contributed by atoms with Crippen molar-refractivity contribution in [1.29, 1.82) is 0 Å². The smallest absolute Gasteiger partial charge is 0.459 e. The van der Waals surface area contributed by atoms with Gasteiger partial charge in [-0.3, -0.25) is 9.69 Å². The molecule has 0 radical (unpaired) electrons. The molecule has 1 aromatic rings. The minimum absolute atomic E-state index is 0.00856. The molecule has 0 bridgehead atoms. The summed E-state index contributed by atoms with van der Waals surface area (Å²) in [4.78, 5) is 13.7. The van der Waals surface area contributed by atoms with Crippen LogP contribution in [0.3, 0.4) is 0 Å². The molecule has 1 aromatic heterocycles. The van der Waals surface area contributed by atoms with Gasteiger partial charge >= 0.3 is 18.0 Å². The van der Waals surface area contributed by atoms with Crippen LogP contribution in [-0.2, 0) is 15.7 Å². The third kappa shape index (κ3) is 5.19. The fourth-order valence-corrected chi connectivity index (χ4v) is 2.41. The van der Waals surface area contributed by atoms with Crippen LogP contribution in [0.2, 0.25) is 0 Å². The van der Waals surface area contributed by atoms with Crippen LogP contribution >= 0.6 is 0 Å². The van der Waals surface area contributed by atoms with E-state index in [2.05, 4.69) is 10.2 Å². The quantitative estimate of drug-likeness (QED) is 0.791. The minimum atomic E-state index is -4.62. The maximum absolute atomic E-state index is 12.5. The van der Waals surface area contributed by atoms with Crippen molar-refractivity contribution in [1.82, 2.24) is 15.1 Å². The molecule has 2 heterocycles. The van der Waals surface area contributed by atoms with Crippen molar-refractivity contribution in [2.24, 2.45) is 0 Å². The molecule has 0 aromatic carbocycles. The molecule has 9 heteroatoms. The number of carbonyl (C=O) groups excluding carboxylic acids is 1. The van der Waals surface area contributed by atoms with Crippen molar-refractivity contribution in [2.45, 2.75) is 51.3 Å². The summed E-state index contributed by atoms with van der Waals surface area (Å²) in [7, 11) is 0. The summed E-state index contributed by atoms with van der Waals surface area (Å²) >= 11 is 0. The van der Waals surface area contributed by atoms with E-state index in [9.17, 15) is 18.0 Å². The standard InChI is InChI=1S/C14H20F3N3O3/c1-13(2,3)23-10(21)8-20-6-4-9(5-7-20)11-18-19-12(22-11)14(15,16)17/h9H,4-8H2,1-3H3. The van der Waals surface area contributed by atoms with Gasteiger partial charge in [0.15, 0.2) is 0 Å². The SMILES string of the molecule is CC(C)(C)OC(=O)CN1CCC(c2nnc(C(F)(F)F)o2)CC1. The van der Waals surface area contributed by atoms with Gasteiger partial charge in [-0.1, -0.05) is 0 Å². The number of carbonyl (C=O) groups is 1. The first kappa shape index (κ1) is 17.7. The van der Waals surface area contributed by atoms with Crippen LogP contribution in [0.4, 0.5) is 13.2 Å². The summed E-state index contributed by atoms with van der Waals surface area (Å²) < 4.78 is 47.3. The number of hydrogen-bond donors (Lipinski definition) is 0. The topological polar surface area (TPSA) is 68.5 Å². The fourth-order valence-electron chi connectivity index (χ4n) is 2.41. The van der Waals surface area contributed by atoms with Gasteiger partial charge in [0.25, 0.3) is 0 Å². The van der Waals surface area contributed by atoms with Gasteiger partial charge in [-0.2, -0.15) is 13.2 Å². The van der Waals surface area contributed by atoms with Crippen LogP contribution < -0.4 is 0 Å². The average Bonchev–Trinajstić information content (AvgIpc) is 2.86. The van der Waals surface area contributed by atoms with Crippen molar-refractivity contribution >= 4 is 5.97 Å². The van der Waals surface area contributed by atoms with Crippen molar-refractivity contribution in [2.75, 3.05) is 19.6 Å². The van der Waals surface area contributed by atoms with Crippen LogP contribution in [0.25, 0.3) is 0 Å². The number of rotatable bonds is 3. The number of ether oxygens (including phenoxy) is 1. The van der Waals surface area contributed by atoms with Crippen LogP contribution in [0.1, 0.15) is 51.3 Å². The number of alkyl halides is 3. The largest absolute Gasteiger partial charge is 0.470 e. The van der Waals surface area contributed by atoms with Crippen molar-refractivity contribution in [3.63, 3.8) is 0 Å². The first-order valence-electron chi connectivity index (χ1n) is 7.39. The highest BCUT2D eigenvalue weighted by Crippen LogP contribution is 2.32. The van der Waals surface area contributed by atoms with Crippen LogP contribution in [0, 0.1) is 0 Å². The van der Waals surface area contributed by atoms with E-state index in [1.54, 1.807) is 20.8 Å². The summed E-state index contributed by atoms with van der Waals surface area (Å²) in [5, 5.41) is 6.53. The Labute approximate surface area is 132 Å². The Hall–Kier alpha value is -1.64. The molecule has 0 saturated carbocycles. The molecule has 130 valence electrons. The Morgan fingerprint density at radius 2 is 1.87 bits per heavy atom. The van der Waals surface area contributed by atoms with Crippen LogP contribution in [-0.4, -0.2) is 46.3 Å². The molecular weight excluding hydrogens is 315 g/mol. The van der Waals surface area contributed by atoms with Crippen LogP contribution in [0.15, 0.2) is 4.42 Å². The lowest BCUT2D eigenvalue weighted by Gasteiger charge is -2.30. The number of hydrogen-bond acceptors (Lipinski definition) is 6. The zero-order chi connectivity index (χ0) is 17.3. The Morgan fingerprint density at radius 1 is 1.26 bits per heavy atom. The molecule has 1 saturated heterocycles. The molecule has 0 aliphatic carbocycles. The predicted molar refractivity (Wildman–Crippen MR) is 73.6 cm³/mol. The van der Waals surface area contributed by atoms with E-state index >= 15 is 0 Å². The highest BCUT2D eigenvalue weighted by molar-refractivity contribution is 5.72. The van der Waals surface area contributed by atoms with Gasteiger partial charge < -0.3 is 9.15 Å². The molecule has 1 aliphatic heterocycles. The van der Waals surface area contributed by atoms with E-state index in [1.807, 2.05) is 4.90 Å². The lowest BCUT2D eigenvalue weighted by Crippen LogP contribution is -2.39. The Balaban J connectivity index is 1.84. The number of nitrogens with zero attached hydrogens (tertiary/aromatic N) is 3. The molecule has 0 spiro atoms. The maximum atomic E-state index is 12.5. The second kappa shape index (κ2) is 6.46. The lowest BCUT2D eigenvalue weighted by atomic mass is 9.97. The average molecular weight is 335 g/mol. The molecule has 2 rings (SSSR count). The summed E-state index contributed by atoms with van der Waals surface area (Å²) in [5.74, 6) is -1.83. The number of piperidine rings is 1. The van der Waals surface area contributed by atoms with Gasteiger partial charge in [-0.25, -0.2) is 0 Å². The Kier molecular flexibility index (Phi) is 4.98. The first-order chi connectivity index (χ1) is 10.5. The number of likely N-dealkylation sites (tertiary alicyclic amines) is 1. The fraction of sp³-hybridized carbons (Fsp3) is 0.786. The van der Waals surface area contributed by atoms with E-state index in [1.165, 1.54) is 0 Å². The Bertz CT molecular complexity index is 543. The van der Waals surface area contributed by atoms with Crippen molar-refractivity contribution in [3.8, 4) is 0 Å². The first-order valence-corrected chi connectivity index (χ1v) is 7.39. The van der Waals surface area contributed by atoms with E-state index in [4.69, 9.17) is 9.15 Å². The van der Waals surface area contributed by atoms with Gasteiger partial charge in [0, 0.05) is 5.92 Å². The van der Waals surface area contributed by atoms with Gasteiger partial charge in [0.1, 0.15) is 5.60 Å². The Morgan fingerprint density at radius 3 is 2.35 bits per heavy atom. The summed E-state index contributed by atoms with van der Waals surface area (Å²) in [5.41, 5.74) is -0.535. The third-order valence-corrected chi connectivity index (χ3v) is 3.39. The number of esters is 1. The monoisotopic (exact) mass is 335 g/mol. The molecule has 0 amide bonds. The molecule has 0 unspecified atom stereocenters. The lowest BCUT2D eigenvalue weighted by molar-refractivity contribution is -0.158. The highest BCUT2D eigenvalue weighted by Gasteiger charge is 2.39. The second-order valence-corrected chi connectivity index (χ2v) is 6.58. The molecule has 0 atom stereocenters. The predicted octanol–water partition coefficient (Wildman–Crippen LogP) is 2.61. The van der Waals surface area contributed by atoms with Gasteiger partial charge in [-0.05, 0) is 46.7 Å². The molecule has 1 fully saturated rings. The summed E-state index contributed by atoms with van der Waals surface area (Å²) in [6.45, 7) is 6.68. The second-order valence-electron chi connectivity index (χ2n) is 6.58.